The van der Waals surface area contributed by atoms with Crippen LogP contribution < -0.4 is 5.32 Å². The Kier molecular flexibility index (Phi) is 4.95. The molecule has 1 aromatic heterocycles. The zero-order chi connectivity index (χ0) is 12.1. The van der Waals surface area contributed by atoms with Crippen molar-refractivity contribution in [3.63, 3.8) is 0 Å². The molecule has 4 heteroatoms. The Morgan fingerprint density at radius 1 is 1.65 bits per heavy atom. The minimum absolute atomic E-state index is 0.395. The molecule has 0 saturated carbocycles. The van der Waals surface area contributed by atoms with Gasteiger partial charge in [0, 0.05) is 29.7 Å². The molecular weight excluding hydrogens is 232 g/mol. The summed E-state index contributed by atoms with van der Waals surface area (Å²) in [5.41, 5.74) is 1.28. The zero-order valence-corrected chi connectivity index (χ0v) is 11.5. The highest BCUT2D eigenvalue weighted by molar-refractivity contribution is 7.99. The first-order valence-corrected chi connectivity index (χ1v) is 7.52. The topological polar surface area (TPSA) is 28.4 Å². The number of thioether (sulfide) groups is 1. The lowest BCUT2D eigenvalue weighted by atomic mass is 10.0. The van der Waals surface area contributed by atoms with Gasteiger partial charge in [0.15, 0.2) is 0 Å². The predicted octanol–water partition coefficient (Wildman–Crippen LogP) is 2.37. The largest absolute Gasteiger partial charge is 0.472 e. The maximum Gasteiger partial charge on any atom is 0.0950 e. The molecule has 0 aromatic carbocycles. The van der Waals surface area contributed by atoms with Gasteiger partial charge in [-0.2, -0.15) is 11.8 Å². The maximum atomic E-state index is 5.24. The summed E-state index contributed by atoms with van der Waals surface area (Å²) in [6.45, 7) is 4.45. The summed E-state index contributed by atoms with van der Waals surface area (Å²) in [7, 11) is 2.23. The van der Waals surface area contributed by atoms with E-state index in [4.69, 9.17) is 4.42 Å². The molecule has 0 bridgehead atoms. The Hall–Kier alpha value is -0.450. The van der Waals surface area contributed by atoms with E-state index in [0.29, 0.717) is 12.1 Å². The quantitative estimate of drug-likeness (QED) is 0.873. The molecule has 1 saturated heterocycles. The molecule has 2 rings (SSSR count). The van der Waals surface area contributed by atoms with Crippen molar-refractivity contribution < 1.29 is 4.42 Å². The minimum atomic E-state index is 0.395. The first-order chi connectivity index (χ1) is 8.33. The number of rotatable bonds is 5. The highest BCUT2D eigenvalue weighted by atomic mass is 32.2. The molecule has 0 radical (unpaired) electrons. The van der Waals surface area contributed by atoms with Gasteiger partial charge in [-0.1, -0.05) is 6.92 Å². The van der Waals surface area contributed by atoms with E-state index in [2.05, 4.69) is 42.0 Å². The smallest absolute Gasteiger partial charge is 0.0950 e. The lowest BCUT2D eigenvalue weighted by Gasteiger charge is -2.37. The molecule has 0 amide bonds. The molecule has 96 valence electrons. The van der Waals surface area contributed by atoms with Gasteiger partial charge in [-0.05, 0) is 26.1 Å². The fourth-order valence-electron chi connectivity index (χ4n) is 2.28. The van der Waals surface area contributed by atoms with Crippen LogP contribution in [0.4, 0.5) is 0 Å². The van der Waals surface area contributed by atoms with Crippen molar-refractivity contribution in [2.75, 3.05) is 31.6 Å². The summed E-state index contributed by atoms with van der Waals surface area (Å²) < 4.78 is 5.24. The van der Waals surface area contributed by atoms with Crippen LogP contribution in [0.3, 0.4) is 0 Å². The van der Waals surface area contributed by atoms with Crippen LogP contribution in [0.2, 0.25) is 0 Å². The summed E-state index contributed by atoms with van der Waals surface area (Å²) in [5.74, 6) is 2.45. The van der Waals surface area contributed by atoms with E-state index in [1.54, 1.807) is 6.26 Å². The lowest BCUT2D eigenvalue weighted by Crippen LogP contribution is -2.47. The summed E-state index contributed by atoms with van der Waals surface area (Å²) in [6, 6.07) is 3.05. The van der Waals surface area contributed by atoms with E-state index in [9.17, 15) is 0 Å². The number of hydrogen-bond donors (Lipinski definition) is 1. The van der Waals surface area contributed by atoms with Crippen LogP contribution in [0.25, 0.3) is 0 Å². The Morgan fingerprint density at radius 2 is 2.53 bits per heavy atom. The van der Waals surface area contributed by atoms with E-state index in [-0.39, 0.29) is 0 Å². The standard InChI is InChI=1S/C13H22N2OS/c1-3-5-14-13(11-4-7-16-9-11)12-10-17-8-6-15(12)2/h4,7,9,12-14H,3,5-6,8,10H2,1-2H3. The van der Waals surface area contributed by atoms with Gasteiger partial charge in [-0.3, -0.25) is 4.90 Å². The summed E-state index contributed by atoms with van der Waals surface area (Å²) >= 11 is 2.05. The molecule has 17 heavy (non-hydrogen) atoms. The van der Waals surface area contributed by atoms with Gasteiger partial charge < -0.3 is 9.73 Å². The molecule has 2 heterocycles. The molecular formula is C13H22N2OS. The van der Waals surface area contributed by atoms with Crippen LogP contribution in [0.15, 0.2) is 23.0 Å². The number of likely N-dealkylation sites (N-methyl/N-ethyl adjacent to an activating group) is 1. The number of nitrogens with zero attached hydrogens (tertiary/aromatic N) is 1. The Bertz CT molecular complexity index is 315. The molecule has 2 unspecified atom stereocenters. The average Bonchev–Trinajstić information content (AvgIpc) is 2.85. The van der Waals surface area contributed by atoms with Crippen LogP contribution in [0, 0.1) is 0 Å². The van der Waals surface area contributed by atoms with E-state index in [1.807, 2.05) is 6.26 Å². The normalized spacial score (nSPS) is 23.8. The van der Waals surface area contributed by atoms with Gasteiger partial charge in [0.05, 0.1) is 18.6 Å². The summed E-state index contributed by atoms with van der Waals surface area (Å²) in [5, 5.41) is 3.66. The van der Waals surface area contributed by atoms with Crippen molar-refractivity contribution in [2.24, 2.45) is 0 Å². The predicted molar refractivity (Wildman–Crippen MR) is 73.5 cm³/mol. The summed E-state index contributed by atoms with van der Waals surface area (Å²) in [6.07, 6.45) is 4.81. The SMILES string of the molecule is CCCNC(c1ccoc1)C1CSCCN1C. The summed E-state index contributed by atoms with van der Waals surface area (Å²) in [4.78, 5) is 2.47. The van der Waals surface area contributed by atoms with E-state index in [1.165, 1.54) is 23.6 Å². The Balaban J connectivity index is 2.08. The first-order valence-electron chi connectivity index (χ1n) is 6.36. The Morgan fingerprint density at radius 3 is 3.18 bits per heavy atom. The molecule has 1 aliphatic rings. The van der Waals surface area contributed by atoms with Crippen LogP contribution in [-0.2, 0) is 0 Å². The molecule has 2 atom stereocenters. The van der Waals surface area contributed by atoms with Crippen molar-refractivity contribution in [1.29, 1.82) is 0 Å². The van der Waals surface area contributed by atoms with Gasteiger partial charge in [-0.15, -0.1) is 0 Å². The fraction of sp³-hybridized carbons (Fsp3) is 0.692. The van der Waals surface area contributed by atoms with Crippen molar-refractivity contribution in [3.8, 4) is 0 Å². The van der Waals surface area contributed by atoms with Gasteiger partial charge in [0.25, 0.3) is 0 Å². The molecule has 3 nitrogen and oxygen atoms in total. The highest BCUT2D eigenvalue weighted by Crippen LogP contribution is 2.27. The fourth-order valence-corrected chi connectivity index (χ4v) is 3.56. The van der Waals surface area contributed by atoms with Crippen LogP contribution in [0.1, 0.15) is 24.9 Å². The second-order valence-electron chi connectivity index (χ2n) is 4.61. The Labute approximate surface area is 108 Å². The van der Waals surface area contributed by atoms with Gasteiger partial charge >= 0.3 is 0 Å². The van der Waals surface area contributed by atoms with Gasteiger partial charge in [0.2, 0.25) is 0 Å². The minimum Gasteiger partial charge on any atom is -0.472 e. The van der Waals surface area contributed by atoms with E-state index >= 15 is 0 Å². The number of hydrogen-bond acceptors (Lipinski definition) is 4. The highest BCUT2D eigenvalue weighted by Gasteiger charge is 2.29. The van der Waals surface area contributed by atoms with Crippen molar-refractivity contribution >= 4 is 11.8 Å². The monoisotopic (exact) mass is 254 g/mol. The third-order valence-electron chi connectivity index (χ3n) is 3.34. The molecule has 1 fully saturated rings. The third-order valence-corrected chi connectivity index (χ3v) is 4.39. The zero-order valence-electron chi connectivity index (χ0n) is 10.7. The first kappa shape index (κ1) is 13.0. The average molecular weight is 254 g/mol. The van der Waals surface area contributed by atoms with Crippen molar-refractivity contribution in [2.45, 2.75) is 25.4 Å². The van der Waals surface area contributed by atoms with Gasteiger partial charge in [0.1, 0.15) is 0 Å². The van der Waals surface area contributed by atoms with Gasteiger partial charge in [-0.25, -0.2) is 0 Å². The molecule has 1 aliphatic heterocycles. The molecule has 0 aliphatic carbocycles. The van der Waals surface area contributed by atoms with E-state index in [0.717, 1.165) is 13.0 Å². The molecule has 0 spiro atoms. The van der Waals surface area contributed by atoms with Crippen molar-refractivity contribution in [3.05, 3.63) is 24.2 Å². The molecule has 1 N–H and O–H groups in total. The third kappa shape index (κ3) is 3.27. The number of nitrogens with one attached hydrogen (secondary N) is 1. The second-order valence-corrected chi connectivity index (χ2v) is 5.76. The number of furan rings is 1. The van der Waals surface area contributed by atoms with Crippen molar-refractivity contribution in [1.82, 2.24) is 10.2 Å². The van der Waals surface area contributed by atoms with Crippen LogP contribution in [0.5, 0.6) is 0 Å². The van der Waals surface area contributed by atoms with Crippen LogP contribution in [-0.4, -0.2) is 42.6 Å². The van der Waals surface area contributed by atoms with E-state index < -0.39 is 0 Å². The van der Waals surface area contributed by atoms with Crippen LogP contribution >= 0.6 is 11.8 Å². The molecule has 1 aromatic rings. The second kappa shape index (κ2) is 6.47. The maximum absolute atomic E-state index is 5.24. The lowest BCUT2D eigenvalue weighted by molar-refractivity contribution is 0.215.